The van der Waals surface area contributed by atoms with E-state index in [1.165, 1.54) is 5.56 Å². The van der Waals surface area contributed by atoms with E-state index < -0.39 is 0 Å². The highest BCUT2D eigenvalue weighted by atomic mass is 16.2. The molecule has 0 unspecified atom stereocenters. The normalized spacial score (nSPS) is 21.2. The number of nitrogens with one attached hydrogen (secondary N) is 1. The zero-order valence-corrected chi connectivity index (χ0v) is 14.5. The molecule has 6 heteroatoms. The van der Waals surface area contributed by atoms with Crippen molar-refractivity contribution in [1.82, 2.24) is 14.7 Å². The van der Waals surface area contributed by atoms with Crippen LogP contribution < -0.4 is 11.1 Å². The topological polar surface area (TPSA) is 76.2 Å². The SMILES string of the molecule is Cc1nn(C)c(C)c1NC(=O)CN1C[C@@H](N)[C@H](c2ccccc2)C1. The van der Waals surface area contributed by atoms with Gasteiger partial charge < -0.3 is 11.1 Å². The van der Waals surface area contributed by atoms with Gasteiger partial charge in [-0.15, -0.1) is 0 Å². The van der Waals surface area contributed by atoms with E-state index in [9.17, 15) is 4.79 Å². The zero-order chi connectivity index (χ0) is 17.3. The summed E-state index contributed by atoms with van der Waals surface area (Å²) in [6, 6.07) is 10.3. The van der Waals surface area contributed by atoms with Crippen LogP contribution in [0.1, 0.15) is 22.9 Å². The quantitative estimate of drug-likeness (QED) is 0.890. The maximum Gasteiger partial charge on any atom is 0.238 e. The number of hydrogen-bond donors (Lipinski definition) is 2. The number of aryl methyl sites for hydroxylation is 2. The van der Waals surface area contributed by atoms with Crippen LogP contribution in [0.2, 0.25) is 0 Å². The molecule has 128 valence electrons. The zero-order valence-electron chi connectivity index (χ0n) is 14.5. The predicted molar refractivity (Wildman–Crippen MR) is 94.9 cm³/mol. The van der Waals surface area contributed by atoms with E-state index in [-0.39, 0.29) is 17.9 Å². The molecule has 1 aliphatic rings. The first-order valence-electron chi connectivity index (χ1n) is 8.28. The van der Waals surface area contributed by atoms with Gasteiger partial charge in [-0.2, -0.15) is 5.10 Å². The van der Waals surface area contributed by atoms with Gasteiger partial charge in [0.2, 0.25) is 5.91 Å². The minimum atomic E-state index is -0.0184. The van der Waals surface area contributed by atoms with Crippen molar-refractivity contribution in [2.75, 3.05) is 25.0 Å². The van der Waals surface area contributed by atoms with E-state index in [1.807, 2.05) is 39.1 Å². The Hall–Kier alpha value is -2.18. The van der Waals surface area contributed by atoms with Crippen LogP contribution in [-0.2, 0) is 11.8 Å². The van der Waals surface area contributed by atoms with Gasteiger partial charge in [-0.3, -0.25) is 14.4 Å². The Morgan fingerprint density at radius 1 is 1.29 bits per heavy atom. The Morgan fingerprint density at radius 2 is 2.00 bits per heavy atom. The number of hydrogen-bond acceptors (Lipinski definition) is 4. The second kappa shape index (κ2) is 6.75. The summed E-state index contributed by atoms with van der Waals surface area (Å²) in [5.74, 6) is 0.260. The van der Waals surface area contributed by atoms with Gasteiger partial charge in [0.15, 0.2) is 0 Å². The van der Waals surface area contributed by atoms with Crippen LogP contribution in [0.4, 0.5) is 5.69 Å². The third-order valence-corrected chi connectivity index (χ3v) is 4.81. The third-order valence-electron chi connectivity index (χ3n) is 4.81. The van der Waals surface area contributed by atoms with Crippen molar-refractivity contribution in [2.45, 2.75) is 25.8 Å². The highest BCUT2D eigenvalue weighted by Gasteiger charge is 2.32. The minimum absolute atomic E-state index is 0.0184. The number of carbonyl (C=O) groups is 1. The Kier molecular flexibility index (Phi) is 4.69. The molecule has 3 N–H and O–H groups in total. The fraction of sp³-hybridized carbons (Fsp3) is 0.444. The molecule has 2 atom stereocenters. The van der Waals surface area contributed by atoms with Gasteiger partial charge in [0.1, 0.15) is 0 Å². The maximum atomic E-state index is 12.4. The van der Waals surface area contributed by atoms with Crippen LogP contribution in [0.15, 0.2) is 30.3 Å². The number of aromatic nitrogens is 2. The van der Waals surface area contributed by atoms with Crippen molar-refractivity contribution in [3.63, 3.8) is 0 Å². The summed E-state index contributed by atoms with van der Waals surface area (Å²) in [7, 11) is 1.88. The van der Waals surface area contributed by atoms with Crippen molar-refractivity contribution >= 4 is 11.6 Å². The van der Waals surface area contributed by atoms with Crippen molar-refractivity contribution in [3.05, 3.63) is 47.3 Å². The summed E-state index contributed by atoms with van der Waals surface area (Å²) in [5, 5.41) is 7.32. The molecule has 0 saturated carbocycles. The highest BCUT2D eigenvalue weighted by molar-refractivity contribution is 5.93. The molecule has 2 aromatic rings. The molecule has 2 heterocycles. The number of carbonyl (C=O) groups excluding carboxylic acids is 1. The first-order chi connectivity index (χ1) is 11.5. The van der Waals surface area contributed by atoms with Crippen LogP contribution in [0.25, 0.3) is 0 Å². The lowest BCUT2D eigenvalue weighted by molar-refractivity contribution is -0.117. The molecule has 0 bridgehead atoms. The van der Waals surface area contributed by atoms with Gasteiger partial charge in [0, 0.05) is 32.1 Å². The van der Waals surface area contributed by atoms with E-state index in [2.05, 4.69) is 27.4 Å². The van der Waals surface area contributed by atoms with Crippen LogP contribution in [0.3, 0.4) is 0 Å². The Bertz CT molecular complexity index is 725. The first kappa shape index (κ1) is 16.7. The van der Waals surface area contributed by atoms with Gasteiger partial charge in [-0.05, 0) is 19.4 Å². The molecule has 1 aliphatic heterocycles. The molecule has 1 amide bonds. The Balaban J connectivity index is 1.61. The summed E-state index contributed by atoms with van der Waals surface area (Å²) >= 11 is 0. The third kappa shape index (κ3) is 3.34. The Labute approximate surface area is 142 Å². The van der Waals surface area contributed by atoms with Crippen LogP contribution in [-0.4, -0.2) is 46.3 Å². The molecule has 0 spiro atoms. The molecule has 1 aromatic heterocycles. The number of rotatable bonds is 4. The lowest BCUT2D eigenvalue weighted by Gasteiger charge is -2.16. The van der Waals surface area contributed by atoms with Crippen molar-refractivity contribution in [2.24, 2.45) is 12.8 Å². The summed E-state index contributed by atoms with van der Waals surface area (Å²) < 4.78 is 1.78. The second-order valence-corrected chi connectivity index (χ2v) is 6.59. The lowest BCUT2D eigenvalue weighted by atomic mass is 9.95. The van der Waals surface area contributed by atoms with Crippen molar-refractivity contribution in [1.29, 1.82) is 0 Å². The molecule has 0 radical (unpaired) electrons. The molecular formula is C18H25N5O. The smallest absolute Gasteiger partial charge is 0.238 e. The number of nitrogens with zero attached hydrogens (tertiary/aromatic N) is 3. The minimum Gasteiger partial charge on any atom is -0.326 e. The first-order valence-corrected chi connectivity index (χ1v) is 8.28. The molecule has 0 aliphatic carbocycles. The Morgan fingerprint density at radius 3 is 2.62 bits per heavy atom. The highest BCUT2D eigenvalue weighted by Crippen LogP contribution is 2.26. The van der Waals surface area contributed by atoms with Crippen LogP contribution >= 0.6 is 0 Å². The van der Waals surface area contributed by atoms with Gasteiger partial charge in [0.25, 0.3) is 0 Å². The molecular weight excluding hydrogens is 302 g/mol. The number of benzene rings is 1. The van der Waals surface area contributed by atoms with Gasteiger partial charge in [-0.25, -0.2) is 0 Å². The van der Waals surface area contributed by atoms with Gasteiger partial charge >= 0.3 is 0 Å². The van der Waals surface area contributed by atoms with E-state index in [0.717, 1.165) is 30.2 Å². The average molecular weight is 327 g/mol. The molecule has 1 fully saturated rings. The summed E-state index contributed by atoms with van der Waals surface area (Å²) in [5.41, 5.74) is 10.1. The maximum absolute atomic E-state index is 12.4. The van der Waals surface area contributed by atoms with E-state index >= 15 is 0 Å². The molecule has 24 heavy (non-hydrogen) atoms. The predicted octanol–water partition coefficient (Wildman–Crippen LogP) is 1.40. The van der Waals surface area contributed by atoms with Crippen LogP contribution in [0.5, 0.6) is 0 Å². The fourth-order valence-electron chi connectivity index (χ4n) is 3.43. The molecule has 1 saturated heterocycles. The average Bonchev–Trinajstić information content (AvgIpc) is 3.02. The number of anilines is 1. The summed E-state index contributed by atoms with van der Waals surface area (Å²) in [4.78, 5) is 14.5. The van der Waals surface area contributed by atoms with E-state index in [1.54, 1.807) is 4.68 Å². The number of likely N-dealkylation sites (tertiary alicyclic amines) is 1. The van der Waals surface area contributed by atoms with E-state index in [4.69, 9.17) is 5.73 Å². The van der Waals surface area contributed by atoms with Crippen LogP contribution in [0, 0.1) is 13.8 Å². The number of nitrogens with two attached hydrogens (primary N) is 1. The molecule has 3 rings (SSSR count). The summed E-state index contributed by atoms with van der Waals surface area (Å²) in [6.07, 6.45) is 0. The molecule has 6 nitrogen and oxygen atoms in total. The van der Waals surface area contributed by atoms with Crippen molar-refractivity contribution in [3.8, 4) is 0 Å². The van der Waals surface area contributed by atoms with Crippen molar-refractivity contribution < 1.29 is 4.79 Å². The monoisotopic (exact) mass is 327 g/mol. The largest absolute Gasteiger partial charge is 0.326 e. The van der Waals surface area contributed by atoms with Gasteiger partial charge in [0.05, 0.1) is 23.6 Å². The van der Waals surface area contributed by atoms with Gasteiger partial charge in [-0.1, -0.05) is 30.3 Å². The number of amides is 1. The standard InChI is InChI=1S/C18H25N5O/c1-12-18(13(2)22(3)21-12)20-17(24)11-23-9-15(16(19)10-23)14-7-5-4-6-8-14/h4-8,15-16H,9-11,19H2,1-3H3,(H,20,24)/t15-,16+/m0/s1. The fourth-order valence-corrected chi connectivity index (χ4v) is 3.43. The molecule has 1 aromatic carbocycles. The lowest BCUT2D eigenvalue weighted by Crippen LogP contribution is -2.34. The van der Waals surface area contributed by atoms with E-state index in [0.29, 0.717) is 6.54 Å². The summed E-state index contributed by atoms with van der Waals surface area (Å²) in [6.45, 7) is 5.75. The second-order valence-electron chi connectivity index (χ2n) is 6.59.